The molecule has 0 saturated heterocycles. The highest BCUT2D eigenvalue weighted by Gasteiger charge is 2.05. The first kappa shape index (κ1) is 12.4. The minimum Gasteiger partial charge on any atom is -0.283 e. The molecular formula is C10H15N5S2. The first-order valence-electron chi connectivity index (χ1n) is 5.25. The summed E-state index contributed by atoms with van der Waals surface area (Å²) in [5.41, 5.74) is 1.19. The van der Waals surface area contributed by atoms with Crippen molar-refractivity contribution in [2.45, 2.75) is 20.1 Å². The Morgan fingerprint density at radius 1 is 1.53 bits per heavy atom. The molecule has 0 spiro atoms. The van der Waals surface area contributed by atoms with Gasteiger partial charge in [-0.3, -0.25) is 9.58 Å². The molecule has 5 nitrogen and oxygen atoms in total. The maximum absolute atomic E-state index is 5.24. The van der Waals surface area contributed by atoms with Crippen molar-refractivity contribution in [3.63, 3.8) is 0 Å². The van der Waals surface area contributed by atoms with E-state index >= 15 is 0 Å². The summed E-state index contributed by atoms with van der Waals surface area (Å²) in [6.45, 7) is 3.52. The Bertz CT molecular complexity index is 553. The molecule has 0 aliphatic rings. The lowest BCUT2D eigenvalue weighted by atomic mass is 10.3. The van der Waals surface area contributed by atoms with E-state index in [2.05, 4.69) is 15.1 Å². The Labute approximate surface area is 109 Å². The van der Waals surface area contributed by atoms with Crippen molar-refractivity contribution in [3.8, 4) is 0 Å². The third kappa shape index (κ3) is 3.21. The smallest absolute Gasteiger partial charge is 0.180 e. The van der Waals surface area contributed by atoms with Crippen LogP contribution in [-0.4, -0.2) is 31.5 Å². The van der Waals surface area contributed by atoms with Crippen LogP contribution in [0.4, 0.5) is 0 Å². The monoisotopic (exact) mass is 269 g/mol. The molecule has 0 aromatic carbocycles. The van der Waals surface area contributed by atoms with Gasteiger partial charge in [-0.15, -0.1) is 0 Å². The van der Waals surface area contributed by atoms with Crippen LogP contribution in [0.1, 0.15) is 10.6 Å². The average Bonchev–Trinajstić information content (AvgIpc) is 2.74. The number of hydrogen-bond donors (Lipinski definition) is 0. The van der Waals surface area contributed by atoms with E-state index in [0.29, 0.717) is 6.67 Å². The molecule has 0 saturated carbocycles. The van der Waals surface area contributed by atoms with Gasteiger partial charge in [0.05, 0.1) is 12.9 Å². The average molecular weight is 269 g/mol. The van der Waals surface area contributed by atoms with Crippen LogP contribution < -0.4 is 0 Å². The van der Waals surface area contributed by atoms with Gasteiger partial charge in [-0.1, -0.05) is 11.3 Å². The molecule has 92 valence electrons. The predicted octanol–water partition coefficient (Wildman–Crippen LogP) is 1.81. The summed E-state index contributed by atoms with van der Waals surface area (Å²) < 4.78 is 4.48. The molecule has 0 atom stereocenters. The molecule has 0 N–H and O–H groups in total. The predicted molar refractivity (Wildman–Crippen MR) is 70.4 cm³/mol. The van der Waals surface area contributed by atoms with E-state index < -0.39 is 0 Å². The van der Waals surface area contributed by atoms with Gasteiger partial charge in [0.15, 0.2) is 3.95 Å². The van der Waals surface area contributed by atoms with E-state index in [1.54, 1.807) is 11.3 Å². The molecule has 0 amide bonds. The highest BCUT2D eigenvalue weighted by Crippen LogP contribution is 2.08. The van der Waals surface area contributed by atoms with Gasteiger partial charge in [-0.25, -0.2) is 4.68 Å². The zero-order chi connectivity index (χ0) is 12.4. The van der Waals surface area contributed by atoms with Crippen LogP contribution in [0.5, 0.6) is 0 Å². The quantitative estimate of drug-likeness (QED) is 0.794. The maximum Gasteiger partial charge on any atom is 0.180 e. The third-order valence-electron chi connectivity index (χ3n) is 2.29. The van der Waals surface area contributed by atoms with Crippen LogP contribution in [0.15, 0.2) is 12.4 Å². The first-order valence-corrected chi connectivity index (χ1v) is 6.47. The van der Waals surface area contributed by atoms with Crippen molar-refractivity contribution >= 4 is 23.6 Å². The van der Waals surface area contributed by atoms with Gasteiger partial charge in [-0.05, 0) is 26.2 Å². The molecular weight excluding hydrogens is 254 g/mol. The topological polar surface area (TPSA) is 38.9 Å². The summed E-state index contributed by atoms with van der Waals surface area (Å²) >= 11 is 6.78. The van der Waals surface area contributed by atoms with E-state index in [9.17, 15) is 0 Å². The van der Waals surface area contributed by atoms with Gasteiger partial charge < -0.3 is 0 Å². The highest BCUT2D eigenvalue weighted by molar-refractivity contribution is 7.73. The van der Waals surface area contributed by atoms with Crippen LogP contribution in [0.25, 0.3) is 0 Å². The van der Waals surface area contributed by atoms with Gasteiger partial charge >= 0.3 is 0 Å². The highest BCUT2D eigenvalue weighted by atomic mass is 32.1. The molecule has 17 heavy (non-hydrogen) atoms. The molecule has 2 aromatic rings. The molecule has 2 aromatic heterocycles. The molecule has 0 unspecified atom stereocenters. The normalized spacial score (nSPS) is 11.3. The van der Waals surface area contributed by atoms with Crippen LogP contribution in [0.3, 0.4) is 0 Å². The second kappa shape index (κ2) is 5.07. The van der Waals surface area contributed by atoms with E-state index in [-0.39, 0.29) is 0 Å². The van der Waals surface area contributed by atoms with E-state index in [0.717, 1.165) is 15.5 Å². The van der Waals surface area contributed by atoms with Gasteiger partial charge in [0.1, 0.15) is 5.01 Å². The van der Waals surface area contributed by atoms with Gasteiger partial charge in [0.25, 0.3) is 0 Å². The molecule has 2 heterocycles. The second-order valence-corrected chi connectivity index (χ2v) is 5.89. The summed E-state index contributed by atoms with van der Waals surface area (Å²) in [7, 11) is 3.97. The number of rotatable bonds is 4. The summed E-state index contributed by atoms with van der Waals surface area (Å²) in [6, 6.07) is 0. The Balaban J connectivity index is 2.00. The molecule has 7 heteroatoms. The molecule has 0 bridgehead atoms. The first-order chi connectivity index (χ1) is 8.04. The lowest BCUT2D eigenvalue weighted by Gasteiger charge is -2.15. The Morgan fingerprint density at radius 2 is 2.29 bits per heavy atom. The summed E-state index contributed by atoms with van der Waals surface area (Å²) in [4.78, 5) is 2.16. The van der Waals surface area contributed by atoms with Crippen LogP contribution >= 0.6 is 23.6 Å². The number of nitrogens with zero attached hydrogens (tertiary/aromatic N) is 5. The van der Waals surface area contributed by atoms with Crippen molar-refractivity contribution in [2.24, 2.45) is 7.05 Å². The standard InChI is InChI=1S/C10H15N5S2/c1-8-12-15(10(16)17-8)7-13(2)5-9-4-11-14(3)6-9/h4,6H,5,7H2,1-3H3. The number of aromatic nitrogens is 4. The van der Waals surface area contributed by atoms with Crippen LogP contribution in [-0.2, 0) is 20.3 Å². The Hall–Kier alpha value is -1.05. The zero-order valence-electron chi connectivity index (χ0n) is 10.1. The van der Waals surface area contributed by atoms with Gasteiger partial charge in [-0.2, -0.15) is 10.2 Å². The fraction of sp³-hybridized carbons (Fsp3) is 0.500. The zero-order valence-corrected chi connectivity index (χ0v) is 11.8. The van der Waals surface area contributed by atoms with Crippen LogP contribution in [0.2, 0.25) is 0 Å². The lowest BCUT2D eigenvalue weighted by molar-refractivity contribution is 0.245. The van der Waals surface area contributed by atoms with Crippen molar-refractivity contribution in [1.29, 1.82) is 0 Å². The summed E-state index contributed by atoms with van der Waals surface area (Å²) in [5, 5.41) is 9.52. The SMILES string of the molecule is Cc1nn(CN(C)Cc2cnn(C)c2)c(=S)s1. The van der Waals surface area contributed by atoms with E-state index in [1.165, 1.54) is 5.56 Å². The van der Waals surface area contributed by atoms with Gasteiger partial charge in [0, 0.05) is 25.4 Å². The fourth-order valence-corrected chi connectivity index (χ4v) is 2.70. The summed E-state index contributed by atoms with van der Waals surface area (Å²) in [6.07, 6.45) is 3.89. The Morgan fingerprint density at radius 3 is 2.82 bits per heavy atom. The van der Waals surface area contributed by atoms with E-state index in [1.807, 2.05) is 42.8 Å². The van der Waals surface area contributed by atoms with E-state index in [4.69, 9.17) is 12.2 Å². The van der Waals surface area contributed by atoms with Crippen molar-refractivity contribution in [1.82, 2.24) is 24.5 Å². The molecule has 2 rings (SSSR count). The number of hydrogen-bond acceptors (Lipinski definition) is 5. The van der Waals surface area contributed by atoms with Crippen LogP contribution in [0, 0.1) is 10.9 Å². The molecule has 0 aliphatic heterocycles. The minimum absolute atomic E-state index is 0.706. The fourth-order valence-electron chi connectivity index (χ4n) is 1.64. The van der Waals surface area contributed by atoms with Crippen molar-refractivity contribution in [3.05, 3.63) is 26.9 Å². The second-order valence-electron chi connectivity index (χ2n) is 4.06. The summed E-state index contributed by atoms with van der Waals surface area (Å²) in [5.74, 6) is 0. The Kier molecular flexibility index (Phi) is 3.70. The largest absolute Gasteiger partial charge is 0.283 e. The maximum atomic E-state index is 5.24. The lowest BCUT2D eigenvalue weighted by Crippen LogP contribution is -2.22. The molecule has 0 radical (unpaired) electrons. The minimum atomic E-state index is 0.706. The number of aryl methyl sites for hydroxylation is 2. The van der Waals surface area contributed by atoms with Gasteiger partial charge in [0.2, 0.25) is 0 Å². The third-order valence-corrected chi connectivity index (χ3v) is 3.52. The molecule has 0 fully saturated rings. The van der Waals surface area contributed by atoms with Crippen molar-refractivity contribution < 1.29 is 0 Å². The molecule has 0 aliphatic carbocycles. The van der Waals surface area contributed by atoms with Crippen molar-refractivity contribution in [2.75, 3.05) is 7.05 Å².